The van der Waals surface area contributed by atoms with Gasteiger partial charge in [-0.05, 0) is 62.3 Å². The van der Waals surface area contributed by atoms with Gasteiger partial charge in [0.25, 0.3) is 0 Å². The summed E-state index contributed by atoms with van der Waals surface area (Å²) in [5, 5.41) is 2.13. The molecule has 2 fully saturated rings. The Morgan fingerprint density at radius 2 is 1.96 bits per heavy atom. The highest BCUT2D eigenvalue weighted by Gasteiger charge is 2.33. The Balaban J connectivity index is 1.57. The molecule has 3 nitrogen and oxygen atoms in total. The van der Waals surface area contributed by atoms with Gasteiger partial charge in [0.1, 0.15) is 0 Å². The van der Waals surface area contributed by atoms with Crippen molar-refractivity contribution in [1.29, 1.82) is 0 Å². The standard InChI is InChI=1S/C22H35NO2S/c1-2-3-5-18-7-9-19(10-8-18)22(24)23(20-12-15-25-16-13-20)14-11-21-6-4-17-26-21/h4,6,17-20H,2-3,5,7-16H2,1H3. The van der Waals surface area contributed by atoms with E-state index in [4.69, 9.17) is 4.74 Å². The van der Waals surface area contributed by atoms with Crippen molar-refractivity contribution in [3.63, 3.8) is 0 Å². The number of rotatable bonds is 8. The molecule has 0 atom stereocenters. The minimum Gasteiger partial charge on any atom is -0.381 e. The maximum absolute atomic E-state index is 13.4. The van der Waals surface area contributed by atoms with Crippen LogP contribution in [0.2, 0.25) is 0 Å². The van der Waals surface area contributed by atoms with Crippen LogP contribution in [0.25, 0.3) is 0 Å². The van der Waals surface area contributed by atoms with Crippen molar-refractivity contribution in [3.8, 4) is 0 Å². The summed E-state index contributed by atoms with van der Waals surface area (Å²) in [6.07, 6.45) is 11.7. The fourth-order valence-corrected chi connectivity index (χ4v) is 5.28. The predicted octanol–water partition coefficient (Wildman–Crippen LogP) is 5.29. The van der Waals surface area contributed by atoms with Gasteiger partial charge in [-0.15, -0.1) is 11.3 Å². The normalized spacial score (nSPS) is 24.5. The zero-order chi connectivity index (χ0) is 18.2. The van der Waals surface area contributed by atoms with Gasteiger partial charge in [-0.3, -0.25) is 4.79 Å². The van der Waals surface area contributed by atoms with E-state index in [1.165, 1.54) is 37.0 Å². The van der Waals surface area contributed by atoms with Gasteiger partial charge in [0, 0.05) is 36.6 Å². The van der Waals surface area contributed by atoms with E-state index in [0.717, 1.165) is 57.8 Å². The SMILES string of the molecule is CCCCC1CCC(C(=O)N(CCc2cccs2)C2CCOCC2)CC1. The molecule has 1 saturated heterocycles. The summed E-state index contributed by atoms with van der Waals surface area (Å²) < 4.78 is 5.54. The summed E-state index contributed by atoms with van der Waals surface area (Å²) in [6, 6.07) is 4.68. The molecule has 4 heteroatoms. The van der Waals surface area contributed by atoms with E-state index in [0.29, 0.717) is 11.9 Å². The molecule has 3 rings (SSSR count). The first-order chi connectivity index (χ1) is 12.8. The topological polar surface area (TPSA) is 29.5 Å². The van der Waals surface area contributed by atoms with Crippen LogP contribution < -0.4 is 0 Å². The molecule has 2 heterocycles. The highest BCUT2D eigenvalue weighted by molar-refractivity contribution is 7.09. The maximum atomic E-state index is 13.4. The van der Waals surface area contributed by atoms with Crippen LogP contribution in [-0.2, 0) is 16.0 Å². The lowest BCUT2D eigenvalue weighted by Crippen LogP contribution is -2.47. The van der Waals surface area contributed by atoms with Crippen LogP contribution in [0.15, 0.2) is 17.5 Å². The Labute approximate surface area is 163 Å². The molecule has 1 aliphatic heterocycles. The largest absolute Gasteiger partial charge is 0.381 e. The first kappa shape index (κ1) is 19.9. The van der Waals surface area contributed by atoms with Gasteiger partial charge in [-0.1, -0.05) is 32.3 Å². The Bertz CT molecular complexity index is 516. The average molecular weight is 378 g/mol. The van der Waals surface area contributed by atoms with E-state index < -0.39 is 0 Å². The predicted molar refractivity (Wildman–Crippen MR) is 109 cm³/mol. The monoisotopic (exact) mass is 377 g/mol. The zero-order valence-corrected chi connectivity index (χ0v) is 17.1. The lowest BCUT2D eigenvalue weighted by atomic mass is 9.79. The van der Waals surface area contributed by atoms with E-state index in [2.05, 4.69) is 29.3 Å². The van der Waals surface area contributed by atoms with E-state index in [1.807, 2.05) is 0 Å². The maximum Gasteiger partial charge on any atom is 0.225 e. The Morgan fingerprint density at radius 1 is 1.19 bits per heavy atom. The third-order valence-corrected chi connectivity index (χ3v) is 7.19. The molecular weight excluding hydrogens is 342 g/mol. The zero-order valence-electron chi connectivity index (χ0n) is 16.3. The molecule has 1 amide bonds. The molecule has 1 aliphatic carbocycles. The molecule has 0 aromatic carbocycles. The van der Waals surface area contributed by atoms with Crippen LogP contribution in [-0.4, -0.2) is 36.6 Å². The van der Waals surface area contributed by atoms with Crippen molar-refractivity contribution in [2.45, 2.75) is 77.2 Å². The van der Waals surface area contributed by atoms with Crippen LogP contribution in [0.4, 0.5) is 0 Å². The molecule has 1 aromatic heterocycles. The van der Waals surface area contributed by atoms with Crippen molar-refractivity contribution in [3.05, 3.63) is 22.4 Å². The van der Waals surface area contributed by atoms with E-state index in [1.54, 1.807) is 11.3 Å². The van der Waals surface area contributed by atoms with E-state index in [-0.39, 0.29) is 5.92 Å². The molecule has 1 saturated carbocycles. The molecule has 0 bridgehead atoms. The molecule has 0 spiro atoms. The molecule has 2 aliphatic rings. The molecule has 0 radical (unpaired) electrons. The van der Waals surface area contributed by atoms with Crippen LogP contribution in [0.3, 0.4) is 0 Å². The Hall–Kier alpha value is -0.870. The molecular formula is C22H35NO2S. The number of unbranched alkanes of at least 4 members (excludes halogenated alkanes) is 1. The smallest absolute Gasteiger partial charge is 0.225 e. The second kappa shape index (κ2) is 10.5. The number of thiophene rings is 1. The Kier molecular flexibility index (Phi) is 8.00. The second-order valence-electron chi connectivity index (χ2n) is 8.06. The fraction of sp³-hybridized carbons (Fsp3) is 0.773. The van der Waals surface area contributed by atoms with Gasteiger partial charge in [-0.25, -0.2) is 0 Å². The highest BCUT2D eigenvalue weighted by Crippen LogP contribution is 2.34. The summed E-state index contributed by atoms with van der Waals surface area (Å²) >= 11 is 1.80. The quantitative estimate of drug-likeness (QED) is 0.615. The van der Waals surface area contributed by atoms with Crippen molar-refractivity contribution >= 4 is 17.2 Å². The third-order valence-electron chi connectivity index (χ3n) is 6.26. The second-order valence-corrected chi connectivity index (χ2v) is 9.10. The minimum atomic E-state index is 0.263. The number of nitrogens with zero attached hydrogens (tertiary/aromatic N) is 1. The number of hydrogen-bond acceptors (Lipinski definition) is 3. The van der Waals surface area contributed by atoms with Crippen LogP contribution in [0.5, 0.6) is 0 Å². The first-order valence-corrected chi connectivity index (χ1v) is 11.6. The minimum absolute atomic E-state index is 0.263. The summed E-state index contributed by atoms with van der Waals surface area (Å²) in [5.74, 6) is 1.56. The number of amides is 1. The van der Waals surface area contributed by atoms with E-state index >= 15 is 0 Å². The van der Waals surface area contributed by atoms with Crippen molar-refractivity contribution in [2.75, 3.05) is 19.8 Å². The summed E-state index contributed by atoms with van der Waals surface area (Å²) in [4.78, 5) is 17.0. The average Bonchev–Trinajstić information content (AvgIpc) is 3.21. The summed E-state index contributed by atoms with van der Waals surface area (Å²) in [5.41, 5.74) is 0. The molecule has 0 N–H and O–H groups in total. The van der Waals surface area contributed by atoms with Gasteiger partial charge >= 0.3 is 0 Å². The third kappa shape index (κ3) is 5.56. The lowest BCUT2D eigenvalue weighted by Gasteiger charge is -2.38. The van der Waals surface area contributed by atoms with Crippen LogP contribution >= 0.6 is 11.3 Å². The van der Waals surface area contributed by atoms with Crippen LogP contribution in [0, 0.1) is 11.8 Å². The van der Waals surface area contributed by atoms with Gasteiger partial charge in [-0.2, -0.15) is 0 Å². The number of carbonyl (C=O) groups is 1. The van der Waals surface area contributed by atoms with Crippen molar-refractivity contribution in [1.82, 2.24) is 4.90 Å². The number of carbonyl (C=O) groups excluding carboxylic acids is 1. The van der Waals surface area contributed by atoms with E-state index in [9.17, 15) is 4.79 Å². The molecule has 146 valence electrons. The molecule has 1 aromatic rings. The molecule has 0 unspecified atom stereocenters. The van der Waals surface area contributed by atoms with Crippen LogP contribution in [0.1, 0.15) is 69.6 Å². The number of ether oxygens (including phenoxy) is 1. The number of hydrogen-bond donors (Lipinski definition) is 0. The van der Waals surface area contributed by atoms with Gasteiger partial charge in [0.15, 0.2) is 0 Å². The van der Waals surface area contributed by atoms with Gasteiger partial charge < -0.3 is 9.64 Å². The first-order valence-electron chi connectivity index (χ1n) is 10.7. The van der Waals surface area contributed by atoms with Crippen molar-refractivity contribution in [2.24, 2.45) is 11.8 Å². The Morgan fingerprint density at radius 3 is 2.62 bits per heavy atom. The highest BCUT2D eigenvalue weighted by atomic mass is 32.1. The summed E-state index contributed by atoms with van der Waals surface area (Å²) in [7, 11) is 0. The lowest BCUT2D eigenvalue weighted by molar-refractivity contribution is -0.141. The van der Waals surface area contributed by atoms with Gasteiger partial charge in [0.2, 0.25) is 5.91 Å². The fourth-order valence-electron chi connectivity index (χ4n) is 4.58. The van der Waals surface area contributed by atoms with Crippen molar-refractivity contribution < 1.29 is 9.53 Å². The summed E-state index contributed by atoms with van der Waals surface area (Å²) in [6.45, 7) is 4.75. The van der Waals surface area contributed by atoms with Gasteiger partial charge in [0.05, 0.1) is 0 Å². The molecule has 26 heavy (non-hydrogen) atoms.